The third-order valence-corrected chi connectivity index (χ3v) is 5.88. The molecule has 7 heteroatoms. The van der Waals surface area contributed by atoms with Gasteiger partial charge in [0.1, 0.15) is 0 Å². The van der Waals surface area contributed by atoms with Crippen LogP contribution in [0.1, 0.15) is 42.6 Å². The number of rotatable bonds is 4. The largest absolute Gasteiger partial charge is 0.350 e. The molecule has 2 N–H and O–H groups in total. The average molecular weight is 408 g/mol. The first-order valence-electron chi connectivity index (χ1n) is 10.6. The topological polar surface area (TPSA) is 77.6 Å². The quantitative estimate of drug-likeness (QED) is 0.817. The lowest BCUT2D eigenvalue weighted by Gasteiger charge is -2.30. The van der Waals surface area contributed by atoms with Crippen molar-refractivity contribution in [2.45, 2.75) is 51.4 Å². The number of pyridine rings is 1. The molecule has 7 nitrogen and oxygen atoms in total. The number of anilines is 1. The second-order valence-corrected chi connectivity index (χ2v) is 8.35. The predicted octanol–water partition coefficient (Wildman–Crippen LogP) is 2.78. The normalized spacial score (nSPS) is 21.0. The van der Waals surface area contributed by atoms with E-state index in [0.717, 1.165) is 30.6 Å². The minimum Gasteiger partial charge on any atom is -0.350 e. The summed E-state index contributed by atoms with van der Waals surface area (Å²) in [5.74, 6) is -0.0975. The number of carbonyl (C=O) groups is 2. The van der Waals surface area contributed by atoms with Gasteiger partial charge in [-0.3, -0.25) is 19.6 Å². The maximum atomic E-state index is 12.9. The fraction of sp³-hybridized carbons (Fsp3) is 0.435. The zero-order valence-corrected chi connectivity index (χ0v) is 17.5. The number of nitrogens with one attached hydrogen (secondary N) is 2. The molecule has 1 aromatic carbocycles. The number of para-hydroxylation sites is 1. The van der Waals surface area contributed by atoms with Crippen LogP contribution < -0.4 is 15.5 Å². The van der Waals surface area contributed by atoms with Crippen molar-refractivity contribution in [1.29, 1.82) is 0 Å². The molecule has 2 aliphatic heterocycles. The van der Waals surface area contributed by atoms with Gasteiger partial charge >= 0.3 is 6.03 Å². The summed E-state index contributed by atoms with van der Waals surface area (Å²) in [6.07, 6.45) is 5.25. The number of hydrogen-bond donors (Lipinski definition) is 2. The number of urea groups is 1. The highest BCUT2D eigenvalue weighted by molar-refractivity contribution is 5.94. The third-order valence-electron chi connectivity index (χ3n) is 5.88. The fourth-order valence-electron chi connectivity index (χ4n) is 4.43. The van der Waals surface area contributed by atoms with Crippen LogP contribution in [-0.2, 0) is 6.54 Å². The monoisotopic (exact) mass is 407 g/mol. The van der Waals surface area contributed by atoms with Crippen molar-refractivity contribution in [3.63, 3.8) is 0 Å². The fourth-order valence-corrected chi connectivity index (χ4v) is 4.43. The lowest BCUT2D eigenvalue weighted by Crippen LogP contribution is -2.49. The molecular weight excluding hydrogens is 378 g/mol. The van der Waals surface area contributed by atoms with Crippen LogP contribution >= 0.6 is 0 Å². The van der Waals surface area contributed by atoms with Crippen molar-refractivity contribution in [3.05, 3.63) is 59.9 Å². The number of nitrogens with zero attached hydrogens (tertiary/aromatic N) is 3. The maximum Gasteiger partial charge on any atom is 0.322 e. The van der Waals surface area contributed by atoms with Gasteiger partial charge in [-0.15, -0.1) is 0 Å². The van der Waals surface area contributed by atoms with Crippen molar-refractivity contribution < 1.29 is 9.59 Å². The lowest BCUT2D eigenvalue weighted by atomic mass is 10.1. The molecule has 2 aliphatic rings. The smallest absolute Gasteiger partial charge is 0.322 e. The molecular formula is C23H29N5O2. The van der Waals surface area contributed by atoms with Crippen LogP contribution in [0.5, 0.6) is 0 Å². The van der Waals surface area contributed by atoms with Crippen molar-refractivity contribution in [1.82, 2.24) is 20.5 Å². The summed E-state index contributed by atoms with van der Waals surface area (Å²) in [6, 6.07) is 12.2. The van der Waals surface area contributed by atoms with Gasteiger partial charge in [0.15, 0.2) is 0 Å². The number of benzene rings is 1. The number of carbonyl (C=O) groups excluding carboxylic acids is 2. The molecule has 0 radical (unpaired) electrons. The highest BCUT2D eigenvalue weighted by atomic mass is 16.2. The molecule has 158 valence electrons. The number of fused-ring (bicyclic) bond motifs is 2. The van der Waals surface area contributed by atoms with Crippen molar-refractivity contribution in [2.75, 3.05) is 18.0 Å². The second kappa shape index (κ2) is 8.83. The van der Waals surface area contributed by atoms with Crippen LogP contribution in [0.15, 0.2) is 48.8 Å². The number of amides is 3. The molecule has 1 saturated heterocycles. The number of aromatic nitrogens is 1. The standard InChI is InChI=1S/C23H29N5O2/c1-16(2)26-23(30)28-15-20-10-9-19(13-25-22(29)17-7-5-11-24-12-17)27(20)14-18-6-3-4-8-21(18)28/h3-8,11-12,16,19-20H,9-10,13-15H2,1-2H3,(H,25,29)(H,26,30). The summed E-state index contributed by atoms with van der Waals surface area (Å²) in [4.78, 5) is 33.7. The molecule has 2 unspecified atom stereocenters. The zero-order valence-electron chi connectivity index (χ0n) is 17.5. The molecule has 1 fully saturated rings. The Morgan fingerprint density at radius 2 is 2.00 bits per heavy atom. The van der Waals surface area contributed by atoms with Gasteiger partial charge in [0.25, 0.3) is 5.91 Å². The molecule has 4 rings (SSSR count). The second-order valence-electron chi connectivity index (χ2n) is 8.35. The van der Waals surface area contributed by atoms with Crippen LogP contribution in [0.3, 0.4) is 0 Å². The van der Waals surface area contributed by atoms with E-state index in [2.05, 4.69) is 26.6 Å². The minimum atomic E-state index is -0.0975. The van der Waals surface area contributed by atoms with Crippen molar-refractivity contribution >= 4 is 17.6 Å². The van der Waals surface area contributed by atoms with Gasteiger partial charge in [-0.25, -0.2) is 4.79 Å². The van der Waals surface area contributed by atoms with E-state index in [1.165, 1.54) is 0 Å². The van der Waals surface area contributed by atoms with E-state index in [1.54, 1.807) is 24.5 Å². The van der Waals surface area contributed by atoms with E-state index in [4.69, 9.17) is 0 Å². The molecule has 0 saturated carbocycles. The van der Waals surface area contributed by atoms with Gasteiger partial charge in [0, 0.05) is 55.8 Å². The molecule has 0 bridgehead atoms. The van der Waals surface area contributed by atoms with E-state index in [1.807, 2.05) is 36.9 Å². The Morgan fingerprint density at radius 1 is 1.17 bits per heavy atom. The van der Waals surface area contributed by atoms with Crippen molar-refractivity contribution in [2.24, 2.45) is 0 Å². The SMILES string of the molecule is CC(C)NC(=O)N1CC2CCC(CNC(=O)c3cccnc3)N2Cc2ccccc21. The van der Waals surface area contributed by atoms with E-state index in [0.29, 0.717) is 18.7 Å². The minimum absolute atomic E-state index is 0.0485. The first-order valence-corrected chi connectivity index (χ1v) is 10.6. The van der Waals surface area contributed by atoms with E-state index >= 15 is 0 Å². The molecule has 2 atom stereocenters. The summed E-state index contributed by atoms with van der Waals surface area (Å²) >= 11 is 0. The van der Waals surface area contributed by atoms with E-state index in [9.17, 15) is 9.59 Å². The lowest BCUT2D eigenvalue weighted by molar-refractivity contribution is 0.0934. The van der Waals surface area contributed by atoms with Crippen LogP contribution in [0.25, 0.3) is 0 Å². The summed E-state index contributed by atoms with van der Waals surface area (Å²) < 4.78 is 0. The van der Waals surface area contributed by atoms with E-state index in [-0.39, 0.29) is 30.1 Å². The zero-order chi connectivity index (χ0) is 21.1. The Morgan fingerprint density at radius 3 is 2.77 bits per heavy atom. The van der Waals surface area contributed by atoms with Crippen molar-refractivity contribution in [3.8, 4) is 0 Å². The van der Waals surface area contributed by atoms with Crippen LogP contribution in [0, 0.1) is 0 Å². The molecule has 3 amide bonds. The van der Waals surface area contributed by atoms with Crippen LogP contribution in [0.2, 0.25) is 0 Å². The average Bonchev–Trinajstić information content (AvgIpc) is 3.03. The van der Waals surface area contributed by atoms with Gasteiger partial charge < -0.3 is 10.6 Å². The van der Waals surface area contributed by atoms with Gasteiger partial charge in [0.2, 0.25) is 0 Å². The molecule has 30 heavy (non-hydrogen) atoms. The molecule has 1 aromatic heterocycles. The summed E-state index contributed by atoms with van der Waals surface area (Å²) in [7, 11) is 0. The summed E-state index contributed by atoms with van der Waals surface area (Å²) in [6.45, 7) is 5.97. The van der Waals surface area contributed by atoms with Gasteiger partial charge in [0.05, 0.1) is 5.56 Å². The molecule has 2 aromatic rings. The van der Waals surface area contributed by atoms with Gasteiger partial charge in [-0.1, -0.05) is 18.2 Å². The molecule has 3 heterocycles. The maximum absolute atomic E-state index is 12.9. The summed E-state index contributed by atoms with van der Waals surface area (Å²) in [5, 5.41) is 6.10. The summed E-state index contributed by atoms with van der Waals surface area (Å²) in [5.41, 5.74) is 2.69. The highest BCUT2D eigenvalue weighted by Crippen LogP contribution is 2.34. The third kappa shape index (κ3) is 4.31. The Kier molecular flexibility index (Phi) is 5.99. The first-order chi connectivity index (χ1) is 14.5. The van der Waals surface area contributed by atoms with Gasteiger partial charge in [-0.2, -0.15) is 0 Å². The predicted molar refractivity (Wildman–Crippen MR) is 116 cm³/mol. The molecule has 0 spiro atoms. The Hall–Kier alpha value is -2.93. The van der Waals surface area contributed by atoms with Crippen LogP contribution in [0.4, 0.5) is 10.5 Å². The Balaban J connectivity index is 1.49. The highest BCUT2D eigenvalue weighted by Gasteiger charge is 2.38. The Labute approximate surface area is 177 Å². The molecule has 0 aliphatic carbocycles. The number of hydrogen-bond acceptors (Lipinski definition) is 4. The van der Waals surface area contributed by atoms with E-state index < -0.39 is 0 Å². The first kappa shape index (κ1) is 20.3. The Bertz CT molecular complexity index is 901. The van der Waals surface area contributed by atoms with Crippen LogP contribution in [-0.4, -0.2) is 53.0 Å². The van der Waals surface area contributed by atoms with Gasteiger partial charge in [-0.05, 0) is 50.5 Å².